The Hall–Kier alpha value is -7.56. The van der Waals surface area contributed by atoms with Gasteiger partial charge in [0.2, 0.25) is 5.71 Å². The zero-order chi connectivity index (χ0) is 37.0. The molecule has 0 fully saturated rings. The summed E-state index contributed by atoms with van der Waals surface area (Å²) in [6.07, 6.45) is 3.65. The van der Waals surface area contributed by atoms with Gasteiger partial charge in [0.25, 0.3) is 0 Å². The summed E-state index contributed by atoms with van der Waals surface area (Å²) in [5.41, 5.74) is 17.6. The van der Waals surface area contributed by atoms with Crippen molar-refractivity contribution in [1.29, 1.82) is 0 Å². The smallest absolute Gasteiger partial charge is 0.227 e. The molecule has 262 valence electrons. The number of para-hydroxylation sites is 1. The summed E-state index contributed by atoms with van der Waals surface area (Å²) in [5.74, 6) is 0. The van der Waals surface area contributed by atoms with E-state index in [4.69, 9.17) is 9.40 Å². The molecular formula is C52H33N3O. The minimum absolute atomic E-state index is 0.668. The fraction of sp³-hybridized carbons (Fsp3) is 0. The van der Waals surface area contributed by atoms with Gasteiger partial charge < -0.3 is 8.98 Å². The molecule has 11 aromatic rings. The average Bonchev–Trinajstić information content (AvgIpc) is 3.82. The van der Waals surface area contributed by atoms with Gasteiger partial charge in [-0.25, -0.2) is 4.98 Å². The molecule has 0 saturated carbocycles. The molecule has 0 saturated heterocycles. The molecule has 0 atom stereocenters. The van der Waals surface area contributed by atoms with Gasteiger partial charge in [0.1, 0.15) is 5.58 Å². The molecule has 0 unspecified atom stereocenters. The topological polar surface area (TPSA) is 43.9 Å². The van der Waals surface area contributed by atoms with E-state index in [1.807, 2.05) is 24.4 Å². The minimum atomic E-state index is 0.668. The van der Waals surface area contributed by atoms with Crippen molar-refractivity contribution in [2.24, 2.45) is 0 Å². The highest BCUT2D eigenvalue weighted by molar-refractivity contribution is 6.08. The molecule has 0 aliphatic carbocycles. The van der Waals surface area contributed by atoms with Gasteiger partial charge in [0.05, 0.1) is 16.6 Å². The predicted octanol–water partition coefficient (Wildman–Crippen LogP) is 13.8. The molecular weight excluding hydrogens is 683 g/mol. The molecule has 0 N–H and O–H groups in total. The van der Waals surface area contributed by atoms with Crippen LogP contribution >= 0.6 is 0 Å². The number of furan rings is 1. The molecule has 0 spiro atoms. The lowest BCUT2D eigenvalue weighted by Crippen LogP contribution is -1.93. The van der Waals surface area contributed by atoms with E-state index in [0.717, 1.165) is 55.1 Å². The fourth-order valence-electron chi connectivity index (χ4n) is 8.17. The molecule has 0 radical (unpaired) electrons. The molecule has 0 aliphatic rings. The summed E-state index contributed by atoms with van der Waals surface area (Å²) in [5, 5.41) is 3.25. The van der Waals surface area contributed by atoms with Crippen molar-refractivity contribution in [3.05, 3.63) is 200 Å². The molecule has 4 aromatic heterocycles. The Kier molecular flexibility index (Phi) is 7.46. The largest absolute Gasteiger partial charge is 0.438 e. The van der Waals surface area contributed by atoms with E-state index < -0.39 is 0 Å². The van der Waals surface area contributed by atoms with Gasteiger partial charge in [-0.05, 0) is 141 Å². The second-order valence-corrected chi connectivity index (χ2v) is 14.3. The Bertz CT molecular complexity index is 3260. The van der Waals surface area contributed by atoms with E-state index in [0.29, 0.717) is 5.71 Å². The first-order valence-corrected chi connectivity index (χ1v) is 18.9. The van der Waals surface area contributed by atoms with Gasteiger partial charge >= 0.3 is 0 Å². The maximum atomic E-state index is 5.98. The van der Waals surface area contributed by atoms with Crippen LogP contribution in [0.4, 0.5) is 0 Å². The van der Waals surface area contributed by atoms with E-state index in [1.54, 1.807) is 6.20 Å². The maximum Gasteiger partial charge on any atom is 0.227 e. The Morgan fingerprint density at radius 2 is 0.839 bits per heavy atom. The van der Waals surface area contributed by atoms with Gasteiger partial charge in [-0.3, -0.25) is 4.98 Å². The van der Waals surface area contributed by atoms with Crippen molar-refractivity contribution >= 4 is 44.0 Å². The number of pyridine rings is 2. The monoisotopic (exact) mass is 715 g/mol. The second-order valence-electron chi connectivity index (χ2n) is 14.3. The summed E-state index contributed by atoms with van der Waals surface area (Å²) in [4.78, 5) is 9.23. The maximum absolute atomic E-state index is 5.98. The van der Waals surface area contributed by atoms with Gasteiger partial charge in [-0.2, -0.15) is 0 Å². The molecule has 7 aromatic carbocycles. The van der Waals surface area contributed by atoms with Gasteiger partial charge in [-0.1, -0.05) is 103 Å². The number of hydrogen-bond acceptors (Lipinski definition) is 3. The van der Waals surface area contributed by atoms with Crippen LogP contribution in [0.1, 0.15) is 0 Å². The van der Waals surface area contributed by atoms with Crippen molar-refractivity contribution in [1.82, 2.24) is 14.5 Å². The third-order valence-electron chi connectivity index (χ3n) is 10.9. The molecule has 4 heterocycles. The van der Waals surface area contributed by atoms with Crippen LogP contribution in [0, 0.1) is 0 Å². The van der Waals surface area contributed by atoms with Crippen molar-refractivity contribution in [2.45, 2.75) is 0 Å². The van der Waals surface area contributed by atoms with Crippen LogP contribution in [-0.4, -0.2) is 14.5 Å². The highest BCUT2D eigenvalue weighted by Gasteiger charge is 2.15. The Balaban J connectivity index is 0.914. The van der Waals surface area contributed by atoms with Crippen LogP contribution in [0.25, 0.3) is 105 Å². The summed E-state index contributed by atoms with van der Waals surface area (Å²) in [7, 11) is 0. The molecule has 4 heteroatoms. The Morgan fingerprint density at radius 3 is 1.43 bits per heavy atom. The normalized spacial score (nSPS) is 11.6. The fourth-order valence-corrected chi connectivity index (χ4v) is 8.17. The Morgan fingerprint density at radius 1 is 0.339 bits per heavy atom. The highest BCUT2D eigenvalue weighted by Crippen LogP contribution is 2.37. The van der Waals surface area contributed by atoms with E-state index in [-0.39, 0.29) is 0 Å². The van der Waals surface area contributed by atoms with Crippen LogP contribution in [0.2, 0.25) is 0 Å². The number of aromatic nitrogens is 3. The molecule has 11 rings (SSSR count). The quantitative estimate of drug-likeness (QED) is 0.172. The molecule has 0 bridgehead atoms. The van der Waals surface area contributed by atoms with Gasteiger partial charge in [0, 0.05) is 34.2 Å². The second kappa shape index (κ2) is 13.1. The lowest BCUT2D eigenvalue weighted by atomic mass is 9.94. The predicted molar refractivity (Wildman–Crippen MR) is 231 cm³/mol. The van der Waals surface area contributed by atoms with Crippen LogP contribution in [0.5, 0.6) is 0 Å². The van der Waals surface area contributed by atoms with Crippen LogP contribution in [0.3, 0.4) is 0 Å². The number of benzene rings is 7. The average molecular weight is 716 g/mol. The van der Waals surface area contributed by atoms with Gasteiger partial charge in [0.15, 0.2) is 0 Å². The van der Waals surface area contributed by atoms with Crippen molar-refractivity contribution < 1.29 is 4.42 Å². The molecule has 0 aliphatic heterocycles. The third-order valence-corrected chi connectivity index (χ3v) is 10.9. The summed E-state index contributed by atoms with van der Waals surface area (Å²) in [6, 6.07) is 67.1. The van der Waals surface area contributed by atoms with Crippen LogP contribution in [-0.2, 0) is 0 Å². The van der Waals surface area contributed by atoms with E-state index >= 15 is 0 Å². The van der Waals surface area contributed by atoms with E-state index in [2.05, 4.69) is 179 Å². The Labute approximate surface area is 323 Å². The summed E-state index contributed by atoms with van der Waals surface area (Å²) >= 11 is 0. The third kappa shape index (κ3) is 5.47. The molecule has 4 nitrogen and oxygen atoms in total. The van der Waals surface area contributed by atoms with E-state index in [9.17, 15) is 0 Å². The molecule has 0 amide bonds. The first-order chi connectivity index (χ1) is 27.7. The van der Waals surface area contributed by atoms with Crippen LogP contribution < -0.4 is 0 Å². The summed E-state index contributed by atoms with van der Waals surface area (Å²) in [6.45, 7) is 0. The SMILES string of the molecule is c1ccc(-n2c3ccc(-c4cccc(-c5cccc(-c6cccc(-c7cccc(-c8ccc9oc%10ncccc%10c9c8)c7)c6)c5)c4)cc3c3ncccc32)cc1. The lowest BCUT2D eigenvalue weighted by molar-refractivity contribution is 0.654. The highest BCUT2D eigenvalue weighted by atomic mass is 16.3. The number of rotatable bonds is 6. The van der Waals surface area contributed by atoms with Crippen molar-refractivity contribution in [3.8, 4) is 61.3 Å². The van der Waals surface area contributed by atoms with Crippen molar-refractivity contribution in [2.75, 3.05) is 0 Å². The zero-order valence-electron chi connectivity index (χ0n) is 30.3. The standard InChI is InChI=1S/C52H33N3O/c1-2-18-44(19-3-1)55-48-24-22-42(33-47(48)51-49(55)21-9-26-53-51)40-16-6-14-38(30-40)36-12-4-10-34(28-36)35-11-5-13-37(29-35)39-15-7-17-41(31-39)43-23-25-50-46(32-43)45-20-8-27-54-52(45)56-50/h1-33H. The van der Waals surface area contributed by atoms with Crippen molar-refractivity contribution in [3.63, 3.8) is 0 Å². The first-order valence-electron chi connectivity index (χ1n) is 18.9. The molecule has 56 heavy (non-hydrogen) atoms. The number of hydrogen-bond donors (Lipinski definition) is 0. The first kappa shape index (κ1) is 31.9. The number of fused-ring (bicyclic) bond motifs is 6. The van der Waals surface area contributed by atoms with E-state index in [1.165, 1.54) is 44.5 Å². The number of nitrogens with zero attached hydrogens (tertiary/aromatic N) is 3. The lowest BCUT2D eigenvalue weighted by Gasteiger charge is -2.11. The van der Waals surface area contributed by atoms with Crippen LogP contribution in [0.15, 0.2) is 205 Å². The van der Waals surface area contributed by atoms with Gasteiger partial charge in [-0.15, -0.1) is 0 Å². The zero-order valence-corrected chi connectivity index (χ0v) is 30.3. The summed E-state index contributed by atoms with van der Waals surface area (Å²) < 4.78 is 8.28. The minimum Gasteiger partial charge on any atom is -0.438 e.